The monoisotopic (exact) mass is 298 g/mol. The minimum Gasteiger partial charge on any atom is -0.268 e. The van der Waals surface area contributed by atoms with Crippen molar-refractivity contribution in [2.24, 2.45) is 0 Å². The highest BCUT2D eigenvalue weighted by atomic mass is 127. The van der Waals surface area contributed by atoms with Crippen LogP contribution in [0.1, 0.15) is 0 Å². The van der Waals surface area contributed by atoms with Crippen LogP contribution < -0.4 is 5.56 Å². The summed E-state index contributed by atoms with van der Waals surface area (Å²) < 4.78 is 1.15. The SMILES string of the molecule is O=c1ccc(-c2cccc(I)c2)n[nH]1. The van der Waals surface area contributed by atoms with Crippen LogP contribution in [0.3, 0.4) is 0 Å². The predicted octanol–water partition coefficient (Wildman–Crippen LogP) is 2.04. The van der Waals surface area contributed by atoms with Crippen LogP contribution in [0.25, 0.3) is 11.3 Å². The zero-order valence-corrected chi connectivity index (χ0v) is 9.36. The molecular weight excluding hydrogens is 291 g/mol. The lowest BCUT2D eigenvalue weighted by Gasteiger charge is -1.99. The van der Waals surface area contributed by atoms with Crippen molar-refractivity contribution in [1.82, 2.24) is 10.2 Å². The van der Waals surface area contributed by atoms with Gasteiger partial charge in [-0.15, -0.1) is 0 Å². The van der Waals surface area contributed by atoms with Crippen LogP contribution in [0.15, 0.2) is 41.2 Å². The highest BCUT2D eigenvalue weighted by Crippen LogP contribution is 2.17. The van der Waals surface area contributed by atoms with E-state index in [9.17, 15) is 4.79 Å². The fourth-order valence-electron chi connectivity index (χ4n) is 1.15. The van der Waals surface area contributed by atoms with Crippen molar-refractivity contribution < 1.29 is 0 Å². The zero-order valence-electron chi connectivity index (χ0n) is 7.20. The molecule has 0 spiro atoms. The van der Waals surface area contributed by atoms with E-state index in [4.69, 9.17) is 0 Å². The molecule has 1 aromatic heterocycles. The zero-order chi connectivity index (χ0) is 9.97. The van der Waals surface area contributed by atoms with Gasteiger partial charge in [0.05, 0.1) is 5.69 Å². The van der Waals surface area contributed by atoms with E-state index < -0.39 is 0 Å². The minimum absolute atomic E-state index is 0.181. The number of H-pyrrole nitrogens is 1. The molecule has 0 radical (unpaired) electrons. The first kappa shape index (κ1) is 9.39. The Balaban J connectivity index is 2.49. The van der Waals surface area contributed by atoms with Gasteiger partial charge in [-0.3, -0.25) is 4.79 Å². The molecule has 14 heavy (non-hydrogen) atoms. The Morgan fingerprint density at radius 1 is 1.21 bits per heavy atom. The second kappa shape index (κ2) is 3.91. The molecule has 0 aliphatic rings. The molecule has 1 heterocycles. The van der Waals surface area contributed by atoms with Crippen molar-refractivity contribution in [3.63, 3.8) is 0 Å². The molecule has 0 atom stereocenters. The lowest BCUT2D eigenvalue weighted by molar-refractivity contribution is 0.995. The lowest BCUT2D eigenvalue weighted by Crippen LogP contribution is -2.05. The van der Waals surface area contributed by atoms with Gasteiger partial charge < -0.3 is 0 Å². The molecule has 70 valence electrons. The first-order valence-electron chi connectivity index (χ1n) is 4.07. The van der Waals surface area contributed by atoms with Crippen LogP contribution in [0.2, 0.25) is 0 Å². The van der Waals surface area contributed by atoms with Crippen molar-refractivity contribution in [2.45, 2.75) is 0 Å². The van der Waals surface area contributed by atoms with Gasteiger partial charge in [-0.25, -0.2) is 5.10 Å². The number of hydrogen-bond donors (Lipinski definition) is 1. The largest absolute Gasteiger partial charge is 0.268 e. The number of aromatic nitrogens is 2. The molecule has 2 aromatic rings. The van der Waals surface area contributed by atoms with E-state index in [2.05, 4.69) is 32.8 Å². The number of nitrogens with zero attached hydrogens (tertiary/aromatic N) is 1. The Labute approximate surface area is 94.3 Å². The fraction of sp³-hybridized carbons (Fsp3) is 0. The molecule has 0 saturated carbocycles. The van der Waals surface area contributed by atoms with Crippen LogP contribution in [0, 0.1) is 3.57 Å². The third-order valence-corrected chi connectivity index (χ3v) is 2.47. The van der Waals surface area contributed by atoms with E-state index in [1.54, 1.807) is 6.07 Å². The lowest BCUT2D eigenvalue weighted by atomic mass is 10.1. The van der Waals surface area contributed by atoms with E-state index >= 15 is 0 Å². The Kier molecular flexibility index (Phi) is 2.62. The number of halogens is 1. The molecule has 1 aromatic carbocycles. The average molecular weight is 298 g/mol. The van der Waals surface area contributed by atoms with Crippen LogP contribution in [0.4, 0.5) is 0 Å². The number of benzene rings is 1. The summed E-state index contributed by atoms with van der Waals surface area (Å²) >= 11 is 2.24. The third-order valence-electron chi connectivity index (χ3n) is 1.80. The highest BCUT2D eigenvalue weighted by molar-refractivity contribution is 14.1. The molecule has 0 saturated heterocycles. The molecule has 0 aliphatic carbocycles. The first-order valence-corrected chi connectivity index (χ1v) is 5.15. The van der Waals surface area contributed by atoms with Crippen LogP contribution in [-0.2, 0) is 0 Å². The first-order chi connectivity index (χ1) is 6.75. The number of hydrogen-bond acceptors (Lipinski definition) is 2. The molecule has 0 fully saturated rings. The van der Waals surface area contributed by atoms with Gasteiger partial charge in [0.15, 0.2) is 0 Å². The Hall–Kier alpha value is -1.17. The van der Waals surface area contributed by atoms with Crippen molar-refractivity contribution in [1.29, 1.82) is 0 Å². The van der Waals surface area contributed by atoms with E-state index in [-0.39, 0.29) is 5.56 Å². The predicted molar refractivity (Wildman–Crippen MR) is 63.0 cm³/mol. The van der Waals surface area contributed by atoms with E-state index in [0.717, 1.165) is 14.8 Å². The summed E-state index contributed by atoms with van der Waals surface area (Å²) in [6, 6.07) is 11.1. The van der Waals surface area contributed by atoms with Gasteiger partial charge in [-0.2, -0.15) is 5.10 Å². The topological polar surface area (TPSA) is 45.8 Å². The Morgan fingerprint density at radius 2 is 2.07 bits per heavy atom. The number of nitrogens with one attached hydrogen (secondary N) is 1. The fourth-order valence-corrected chi connectivity index (χ4v) is 1.70. The summed E-state index contributed by atoms with van der Waals surface area (Å²) in [6.07, 6.45) is 0. The van der Waals surface area contributed by atoms with Crippen molar-refractivity contribution in [2.75, 3.05) is 0 Å². The highest BCUT2D eigenvalue weighted by Gasteiger charge is 1.98. The second-order valence-electron chi connectivity index (χ2n) is 2.82. The van der Waals surface area contributed by atoms with Crippen molar-refractivity contribution >= 4 is 22.6 Å². The third kappa shape index (κ3) is 2.01. The quantitative estimate of drug-likeness (QED) is 0.819. The van der Waals surface area contributed by atoms with Gasteiger partial charge in [-0.1, -0.05) is 12.1 Å². The van der Waals surface area contributed by atoms with Crippen molar-refractivity contribution in [3.05, 3.63) is 50.3 Å². The molecule has 2 rings (SSSR count). The van der Waals surface area contributed by atoms with Crippen LogP contribution >= 0.6 is 22.6 Å². The van der Waals surface area contributed by atoms with Crippen LogP contribution in [0.5, 0.6) is 0 Å². The van der Waals surface area contributed by atoms with Gasteiger partial charge in [-0.05, 0) is 40.8 Å². The Morgan fingerprint density at radius 3 is 2.71 bits per heavy atom. The Bertz CT molecular complexity index is 487. The maximum atomic E-state index is 10.8. The summed E-state index contributed by atoms with van der Waals surface area (Å²) in [6.45, 7) is 0. The normalized spacial score (nSPS) is 10.1. The minimum atomic E-state index is -0.181. The van der Waals surface area contributed by atoms with Crippen LogP contribution in [-0.4, -0.2) is 10.2 Å². The molecule has 0 aliphatic heterocycles. The summed E-state index contributed by atoms with van der Waals surface area (Å²) in [5.74, 6) is 0. The molecule has 1 N–H and O–H groups in total. The summed E-state index contributed by atoms with van der Waals surface area (Å²) in [5, 5.41) is 6.36. The molecule has 4 heteroatoms. The van der Waals surface area contributed by atoms with Gasteiger partial charge >= 0.3 is 0 Å². The standard InChI is InChI=1S/C10H7IN2O/c11-8-3-1-2-7(6-8)9-4-5-10(14)13-12-9/h1-6H,(H,13,14). The second-order valence-corrected chi connectivity index (χ2v) is 4.06. The van der Waals surface area contributed by atoms with Gasteiger partial charge in [0.25, 0.3) is 5.56 Å². The average Bonchev–Trinajstić information content (AvgIpc) is 2.19. The molecule has 0 unspecified atom stereocenters. The molecule has 0 bridgehead atoms. The summed E-state index contributed by atoms with van der Waals surface area (Å²) in [7, 11) is 0. The van der Waals surface area contributed by atoms with Gasteiger partial charge in [0.2, 0.25) is 0 Å². The number of aromatic amines is 1. The molecule has 3 nitrogen and oxygen atoms in total. The summed E-state index contributed by atoms with van der Waals surface area (Å²) in [5.41, 5.74) is 1.61. The summed E-state index contributed by atoms with van der Waals surface area (Å²) in [4.78, 5) is 10.8. The number of rotatable bonds is 1. The smallest absolute Gasteiger partial charge is 0.264 e. The molecule has 0 amide bonds. The van der Waals surface area contributed by atoms with Crippen molar-refractivity contribution in [3.8, 4) is 11.3 Å². The van der Waals surface area contributed by atoms with E-state index in [1.807, 2.05) is 24.3 Å². The van der Waals surface area contributed by atoms with E-state index in [0.29, 0.717) is 0 Å². The van der Waals surface area contributed by atoms with Gasteiger partial charge in [0.1, 0.15) is 0 Å². The van der Waals surface area contributed by atoms with E-state index in [1.165, 1.54) is 6.07 Å². The maximum Gasteiger partial charge on any atom is 0.264 e. The maximum absolute atomic E-state index is 10.8. The molecular formula is C10H7IN2O. The van der Waals surface area contributed by atoms with Gasteiger partial charge in [0, 0.05) is 15.2 Å².